The number of nitrogens with one attached hydrogen (secondary N) is 1. The fourth-order valence-electron chi connectivity index (χ4n) is 2.66. The zero-order chi connectivity index (χ0) is 16.8. The Balaban J connectivity index is 1.88. The van der Waals surface area contributed by atoms with Gasteiger partial charge in [0.25, 0.3) is 0 Å². The Hall–Kier alpha value is -2.14. The van der Waals surface area contributed by atoms with Crippen molar-refractivity contribution in [3.8, 4) is 0 Å². The third kappa shape index (κ3) is 4.93. The van der Waals surface area contributed by atoms with E-state index in [4.69, 9.17) is 0 Å². The van der Waals surface area contributed by atoms with E-state index in [9.17, 15) is 4.79 Å². The molecule has 1 amide bonds. The van der Waals surface area contributed by atoms with Crippen LogP contribution in [-0.4, -0.2) is 41.2 Å². The first-order valence-corrected chi connectivity index (χ1v) is 7.98. The highest BCUT2D eigenvalue weighted by atomic mass is 16.2. The number of amides is 1. The van der Waals surface area contributed by atoms with Crippen molar-refractivity contribution < 1.29 is 4.79 Å². The largest absolute Gasteiger partial charge is 0.354 e. The van der Waals surface area contributed by atoms with Gasteiger partial charge in [0.1, 0.15) is 6.04 Å². The Morgan fingerprint density at radius 1 is 1.30 bits per heavy atom. The lowest BCUT2D eigenvalue weighted by Gasteiger charge is -2.24. The number of aryl methyl sites for hydroxylation is 3. The first-order chi connectivity index (χ1) is 11.0. The molecule has 1 unspecified atom stereocenters. The molecule has 23 heavy (non-hydrogen) atoms. The van der Waals surface area contributed by atoms with E-state index in [0.29, 0.717) is 6.54 Å². The lowest BCUT2D eigenvalue weighted by atomic mass is 10.0. The fourth-order valence-corrected chi connectivity index (χ4v) is 2.66. The van der Waals surface area contributed by atoms with E-state index in [2.05, 4.69) is 16.5 Å². The minimum atomic E-state index is -0.262. The fraction of sp³-hybridized carbons (Fsp3) is 0.444. The van der Waals surface area contributed by atoms with E-state index in [0.717, 1.165) is 29.8 Å². The molecule has 0 bridgehead atoms. The Bertz CT molecular complexity index is 648. The third-order valence-corrected chi connectivity index (χ3v) is 3.76. The summed E-state index contributed by atoms with van der Waals surface area (Å²) in [5, 5.41) is 7.38. The van der Waals surface area contributed by atoms with Gasteiger partial charge in [-0.2, -0.15) is 5.10 Å². The quantitative estimate of drug-likeness (QED) is 0.798. The number of likely N-dealkylation sites (N-methyl/N-ethyl adjacent to an activating group) is 1. The number of carbonyl (C=O) groups excluding carboxylic acids is 1. The maximum atomic E-state index is 12.5. The van der Waals surface area contributed by atoms with Crippen LogP contribution in [0.2, 0.25) is 0 Å². The molecule has 1 atom stereocenters. The number of hydrogen-bond donors (Lipinski definition) is 1. The maximum Gasteiger partial charge on any atom is 0.241 e. The van der Waals surface area contributed by atoms with Crippen LogP contribution in [0.1, 0.15) is 29.3 Å². The van der Waals surface area contributed by atoms with Crippen LogP contribution in [0.4, 0.5) is 0 Å². The summed E-state index contributed by atoms with van der Waals surface area (Å²) in [5.74, 6) is 0.0391. The molecule has 2 aromatic rings. The molecule has 1 N–H and O–H groups in total. The highest BCUT2D eigenvalue weighted by Gasteiger charge is 2.22. The van der Waals surface area contributed by atoms with Gasteiger partial charge in [0.2, 0.25) is 5.91 Å². The first-order valence-electron chi connectivity index (χ1n) is 7.98. The van der Waals surface area contributed by atoms with Crippen LogP contribution >= 0.6 is 0 Å². The van der Waals surface area contributed by atoms with E-state index >= 15 is 0 Å². The summed E-state index contributed by atoms with van der Waals surface area (Å²) in [4.78, 5) is 14.5. The number of aromatic nitrogens is 2. The van der Waals surface area contributed by atoms with Crippen LogP contribution in [0.15, 0.2) is 36.5 Å². The second-order valence-electron chi connectivity index (χ2n) is 6.15. The Morgan fingerprint density at radius 3 is 2.70 bits per heavy atom. The summed E-state index contributed by atoms with van der Waals surface area (Å²) in [5.41, 5.74) is 3.20. The minimum Gasteiger partial charge on any atom is -0.354 e. The minimum absolute atomic E-state index is 0.0391. The predicted octanol–water partition coefficient (Wildman–Crippen LogP) is 2.31. The molecule has 0 saturated carbocycles. The summed E-state index contributed by atoms with van der Waals surface area (Å²) in [6, 6.07) is 9.83. The van der Waals surface area contributed by atoms with Crippen molar-refractivity contribution in [1.82, 2.24) is 20.0 Å². The SMILES string of the molecule is Cc1cccc(C(C(=O)NCCCn2ccc(C)n2)N(C)C)c1. The lowest BCUT2D eigenvalue weighted by molar-refractivity contribution is -0.125. The predicted molar refractivity (Wildman–Crippen MR) is 92.2 cm³/mol. The van der Waals surface area contributed by atoms with E-state index < -0.39 is 0 Å². The van der Waals surface area contributed by atoms with Crippen molar-refractivity contribution in [2.75, 3.05) is 20.6 Å². The molecular weight excluding hydrogens is 288 g/mol. The molecule has 1 aromatic carbocycles. The zero-order valence-corrected chi connectivity index (χ0v) is 14.4. The van der Waals surface area contributed by atoms with Crippen LogP contribution < -0.4 is 5.32 Å². The van der Waals surface area contributed by atoms with E-state index in [1.54, 1.807) is 0 Å². The molecule has 5 heteroatoms. The smallest absolute Gasteiger partial charge is 0.241 e. The van der Waals surface area contributed by atoms with Crippen molar-refractivity contribution in [2.24, 2.45) is 0 Å². The molecule has 0 spiro atoms. The van der Waals surface area contributed by atoms with Gasteiger partial charge in [-0.05, 0) is 46.0 Å². The molecule has 0 aliphatic carbocycles. The van der Waals surface area contributed by atoms with Gasteiger partial charge in [-0.3, -0.25) is 14.4 Å². The van der Waals surface area contributed by atoms with Gasteiger partial charge in [-0.15, -0.1) is 0 Å². The second-order valence-corrected chi connectivity index (χ2v) is 6.15. The van der Waals surface area contributed by atoms with Gasteiger partial charge in [0.05, 0.1) is 5.69 Å². The topological polar surface area (TPSA) is 50.2 Å². The molecule has 0 aliphatic heterocycles. The molecule has 2 rings (SSSR count). The van der Waals surface area contributed by atoms with Crippen molar-refractivity contribution in [1.29, 1.82) is 0 Å². The van der Waals surface area contributed by atoms with Crippen molar-refractivity contribution >= 4 is 5.91 Å². The van der Waals surface area contributed by atoms with Gasteiger partial charge in [0.15, 0.2) is 0 Å². The Labute approximate surface area is 138 Å². The van der Waals surface area contributed by atoms with E-state index in [1.165, 1.54) is 0 Å². The lowest BCUT2D eigenvalue weighted by Crippen LogP contribution is -2.37. The van der Waals surface area contributed by atoms with Crippen LogP contribution in [0, 0.1) is 13.8 Å². The molecule has 0 fully saturated rings. The molecule has 124 valence electrons. The number of rotatable bonds is 7. The first kappa shape index (κ1) is 17.2. The molecule has 0 saturated heterocycles. The van der Waals surface area contributed by atoms with Gasteiger partial charge in [0, 0.05) is 19.3 Å². The van der Waals surface area contributed by atoms with Gasteiger partial charge < -0.3 is 5.32 Å². The number of nitrogens with zero attached hydrogens (tertiary/aromatic N) is 3. The monoisotopic (exact) mass is 314 g/mol. The van der Waals surface area contributed by atoms with Crippen LogP contribution in [0.3, 0.4) is 0 Å². The van der Waals surface area contributed by atoms with Crippen LogP contribution in [0.5, 0.6) is 0 Å². The summed E-state index contributed by atoms with van der Waals surface area (Å²) in [6.45, 7) is 5.47. The van der Waals surface area contributed by atoms with Crippen LogP contribution in [-0.2, 0) is 11.3 Å². The summed E-state index contributed by atoms with van der Waals surface area (Å²) in [7, 11) is 3.86. The van der Waals surface area contributed by atoms with Crippen molar-refractivity contribution in [3.05, 3.63) is 53.3 Å². The third-order valence-electron chi connectivity index (χ3n) is 3.76. The summed E-state index contributed by atoms with van der Waals surface area (Å²) < 4.78 is 1.91. The summed E-state index contributed by atoms with van der Waals surface area (Å²) in [6.07, 6.45) is 2.83. The van der Waals surface area contributed by atoms with Crippen molar-refractivity contribution in [3.63, 3.8) is 0 Å². The van der Waals surface area contributed by atoms with Crippen molar-refractivity contribution in [2.45, 2.75) is 32.9 Å². The molecule has 0 aliphatic rings. The molecular formula is C18H26N4O. The normalized spacial score (nSPS) is 12.4. The van der Waals surface area contributed by atoms with Gasteiger partial charge in [-0.25, -0.2) is 0 Å². The second kappa shape index (κ2) is 7.92. The number of hydrogen-bond acceptors (Lipinski definition) is 3. The van der Waals surface area contributed by atoms with E-state index in [1.807, 2.05) is 68.0 Å². The number of benzene rings is 1. The molecule has 1 heterocycles. The highest BCUT2D eigenvalue weighted by Crippen LogP contribution is 2.19. The highest BCUT2D eigenvalue weighted by molar-refractivity contribution is 5.83. The molecule has 0 radical (unpaired) electrons. The Kier molecular flexibility index (Phi) is 5.93. The van der Waals surface area contributed by atoms with E-state index in [-0.39, 0.29) is 11.9 Å². The zero-order valence-electron chi connectivity index (χ0n) is 14.4. The van der Waals surface area contributed by atoms with Gasteiger partial charge in [-0.1, -0.05) is 29.8 Å². The molecule has 5 nitrogen and oxygen atoms in total. The molecule has 1 aromatic heterocycles. The average molecular weight is 314 g/mol. The standard InChI is InChI=1S/C18H26N4O/c1-14-7-5-8-16(13-14)17(21(3)4)18(23)19-10-6-11-22-12-9-15(2)20-22/h5,7-9,12-13,17H,6,10-11H2,1-4H3,(H,19,23). The van der Waals surface area contributed by atoms with Crippen LogP contribution in [0.25, 0.3) is 0 Å². The Morgan fingerprint density at radius 2 is 2.09 bits per heavy atom. The maximum absolute atomic E-state index is 12.5. The average Bonchev–Trinajstić information content (AvgIpc) is 2.89. The van der Waals surface area contributed by atoms with Gasteiger partial charge >= 0.3 is 0 Å². The number of carbonyl (C=O) groups is 1. The summed E-state index contributed by atoms with van der Waals surface area (Å²) >= 11 is 0.